The lowest BCUT2D eigenvalue weighted by Gasteiger charge is -2.26. The molecule has 0 aliphatic carbocycles. The monoisotopic (exact) mass is 214 g/mol. The summed E-state index contributed by atoms with van der Waals surface area (Å²) in [5.41, 5.74) is 0. The van der Waals surface area contributed by atoms with E-state index in [1.165, 1.54) is 6.42 Å². The van der Waals surface area contributed by atoms with E-state index < -0.39 is 0 Å². The molecule has 1 rings (SSSR count). The number of amides is 1. The lowest BCUT2D eigenvalue weighted by atomic mass is 9.97. The number of rotatable bonds is 2. The summed E-state index contributed by atoms with van der Waals surface area (Å²) in [6, 6.07) is 0.0312. The molecule has 2 unspecified atom stereocenters. The molecule has 0 radical (unpaired) electrons. The molecule has 0 spiro atoms. The van der Waals surface area contributed by atoms with Gasteiger partial charge in [0, 0.05) is 6.54 Å². The van der Waals surface area contributed by atoms with Gasteiger partial charge in [-0.1, -0.05) is 34.1 Å². The van der Waals surface area contributed by atoms with Crippen molar-refractivity contribution >= 4 is 5.91 Å². The second-order valence-corrected chi connectivity index (χ2v) is 4.73. The van der Waals surface area contributed by atoms with Gasteiger partial charge >= 0.3 is 0 Å². The molecule has 0 bridgehead atoms. The molecule has 2 N–H and O–H groups in total. The van der Waals surface area contributed by atoms with Gasteiger partial charge in [0.25, 0.3) is 0 Å². The maximum absolute atomic E-state index is 11.0. The first-order valence-electron chi connectivity index (χ1n) is 5.96. The van der Waals surface area contributed by atoms with Crippen molar-refractivity contribution in [3.63, 3.8) is 0 Å². The summed E-state index contributed by atoms with van der Waals surface area (Å²) in [7, 11) is 1.82. The second-order valence-electron chi connectivity index (χ2n) is 4.73. The number of piperidine rings is 1. The molecule has 0 aromatic rings. The zero-order chi connectivity index (χ0) is 11.8. The average Bonchev–Trinajstić information content (AvgIpc) is 2.22. The Morgan fingerprint density at radius 3 is 2.40 bits per heavy atom. The highest BCUT2D eigenvalue weighted by atomic mass is 16.2. The molecule has 1 aliphatic heterocycles. The van der Waals surface area contributed by atoms with E-state index in [0.29, 0.717) is 5.92 Å². The second kappa shape index (κ2) is 7.69. The van der Waals surface area contributed by atoms with Crippen LogP contribution < -0.4 is 10.6 Å². The van der Waals surface area contributed by atoms with Crippen molar-refractivity contribution < 1.29 is 4.79 Å². The largest absolute Gasteiger partial charge is 0.354 e. The Bertz CT molecular complexity index is 180. The van der Waals surface area contributed by atoms with Gasteiger partial charge in [0.1, 0.15) is 0 Å². The Balaban J connectivity index is 0.000000336. The molecule has 0 saturated carbocycles. The first-order chi connectivity index (χ1) is 7.01. The van der Waals surface area contributed by atoms with E-state index in [-0.39, 0.29) is 11.9 Å². The zero-order valence-electron chi connectivity index (χ0n) is 10.8. The molecule has 1 heterocycles. The fourth-order valence-corrected chi connectivity index (χ4v) is 1.24. The summed E-state index contributed by atoms with van der Waals surface area (Å²) in [5, 5.41) is 5.80. The van der Waals surface area contributed by atoms with Gasteiger partial charge in [0.15, 0.2) is 0 Å². The van der Waals surface area contributed by atoms with Crippen LogP contribution in [0.2, 0.25) is 0 Å². The van der Waals surface area contributed by atoms with E-state index in [2.05, 4.69) is 38.3 Å². The third kappa shape index (κ3) is 6.50. The summed E-state index contributed by atoms with van der Waals surface area (Å²) in [4.78, 5) is 11.0. The smallest absolute Gasteiger partial charge is 0.237 e. The first-order valence-corrected chi connectivity index (χ1v) is 5.96. The van der Waals surface area contributed by atoms with Crippen LogP contribution in [-0.2, 0) is 4.79 Å². The van der Waals surface area contributed by atoms with Crippen molar-refractivity contribution in [3.05, 3.63) is 0 Å². The SMILES string of the molecule is CCC(C)C.CNC1CC(C)CNC1=O. The Morgan fingerprint density at radius 2 is 2.07 bits per heavy atom. The van der Waals surface area contributed by atoms with E-state index >= 15 is 0 Å². The molecule has 2 atom stereocenters. The van der Waals surface area contributed by atoms with Gasteiger partial charge in [0.05, 0.1) is 6.04 Å². The highest BCUT2D eigenvalue weighted by Crippen LogP contribution is 2.09. The summed E-state index contributed by atoms with van der Waals surface area (Å²) in [6.07, 6.45) is 2.27. The Kier molecular flexibility index (Phi) is 7.39. The molecule has 0 aromatic carbocycles. The Labute approximate surface area is 94.0 Å². The van der Waals surface area contributed by atoms with Gasteiger partial charge in [-0.05, 0) is 25.3 Å². The third-order valence-corrected chi connectivity index (χ3v) is 2.74. The molecule has 3 heteroatoms. The van der Waals surface area contributed by atoms with E-state index in [4.69, 9.17) is 0 Å². The van der Waals surface area contributed by atoms with Crippen LogP contribution in [0, 0.1) is 11.8 Å². The molecular weight excluding hydrogens is 188 g/mol. The van der Waals surface area contributed by atoms with Crippen molar-refractivity contribution in [2.45, 2.75) is 46.6 Å². The predicted octanol–water partition coefficient (Wildman–Crippen LogP) is 1.78. The zero-order valence-corrected chi connectivity index (χ0v) is 10.8. The molecule has 0 aromatic heterocycles. The Morgan fingerprint density at radius 1 is 1.53 bits per heavy atom. The summed E-state index contributed by atoms with van der Waals surface area (Å²) < 4.78 is 0. The van der Waals surface area contributed by atoms with Crippen LogP contribution in [0.1, 0.15) is 40.5 Å². The predicted molar refractivity (Wildman–Crippen MR) is 64.8 cm³/mol. The summed E-state index contributed by atoms with van der Waals surface area (Å²) in [6.45, 7) is 9.62. The van der Waals surface area contributed by atoms with Crippen LogP contribution in [0.15, 0.2) is 0 Å². The van der Waals surface area contributed by atoms with Crippen molar-refractivity contribution in [1.29, 1.82) is 0 Å². The minimum Gasteiger partial charge on any atom is -0.354 e. The van der Waals surface area contributed by atoms with Crippen molar-refractivity contribution in [1.82, 2.24) is 10.6 Å². The molecule has 15 heavy (non-hydrogen) atoms. The quantitative estimate of drug-likeness (QED) is 0.735. The normalized spacial score (nSPS) is 25.6. The number of carbonyl (C=O) groups excluding carboxylic acids is 1. The van der Waals surface area contributed by atoms with Gasteiger partial charge in [-0.3, -0.25) is 4.79 Å². The van der Waals surface area contributed by atoms with Crippen LogP contribution in [0.5, 0.6) is 0 Å². The van der Waals surface area contributed by atoms with E-state index in [1.807, 2.05) is 7.05 Å². The van der Waals surface area contributed by atoms with Gasteiger partial charge in [-0.25, -0.2) is 0 Å². The van der Waals surface area contributed by atoms with Gasteiger partial charge in [-0.2, -0.15) is 0 Å². The van der Waals surface area contributed by atoms with Crippen LogP contribution >= 0.6 is 0 Å². The van der Waals surface area contributed by atoms with E-state index in [0.717, 1.165) is 18.9 Å². The molecular formula is C12H26N2O. The molecule has 3 nitrogen and oxygen atoms in total. The highest BCUT2D eigenvalue weighted by molar-refractivity contribution is 5.82. The summed E-state index contributed by atoms with van der Waals surface area (Å²) >= 11 is 0. The molecule has 1 fully saturated rings. The number of carbonyl (C=O) groups is 1. The van der Waals surface area contributed by atoms with Gasteiger partial charge in [-0.15, -0.1) is 0 Å². The highest BCUT2D eigenvalue weighted by Gasteiger charge is 2.23. The molecule has 1 saturated heterocycles. The minimum absolute atomic E-state index is 0.0312. The van der Waals surface area contributed by atoms with Gasteiger partial charge in [0.2, 0.25) is 5.91 Å². The van der Waals surface area contributed by atoms with Gasteiger partial charge < -0.3 is 10.6 Å². The topological polar surface area (TPSA) is 41.1 Å². The average molecular weight is 214 g/mol. The van der Waals surface area contributed by atoms with Crippen molar-refractivity contribution in [3.8, 4) is 0 Å². The lowest BCUT2D eigenvalue weighted by molar-refractivity contribution is -0.125. The van der Waals surface area contributed by atoms with Crippen LogP contribution in [0.4, 0.5) is 0 Å². The van der Waals surface area contributed by atoms with Crippen molar-refractivity contribution in [2.24, 2.45) is 11.8 Å². The van der Waals surface area contributed by atoms with Crippen LogP contribution in [0.3, 0.4) is 0 Å². The lowest BCUT2D eigenvalue weighted by Crippen LogP contribution is -2.49. The third-order valence-electron chi connectivity index (χ3n) is 2.74. The summed E-state index contributed by atoms with van der Waals surface area (Å²) in [5.74, 6) is 1.63. The van der Waals surface area contributed by atoms with Crippen molar-refractivity contribution in [2.75, 3.05) is 13.6 Å². The maximum atomic E-state index is 11.0. The minimum atomic E-state index is 0.0312. The fourth-order valence-electron chi connectivity index (χ4n) is 1.24. The fraction of sp³-hybridized carbons (Fsp3) is 0.917. The first kappa shape index (κ1) is 14.4. The van der Waals surface area contributed by atoms with E-state index in [9.17, 15) is 4.79 Å². The van der Waals surface area contributed by atoms with Crippen LogP contribution in [0.25, 0.3) is 0 Å². The number of likely N-dealkylation sites (N-methyl/N-ethyl adjacent to an activating group) is 1. The van der Waals surface area contributed by atoms with E-state index in [1.54, 1.807) is 0 Å². The number of hydrogen-bond donors (Lipinski definition) is 2. The number of nitrogens with one attached hydrogen (secondary N) is 2. The number of hydrogen-bond acceptors (Lipinski definition) is 2. The maximum Gasteiger partial charge on any atom is 0.237 e. The molecule has 1 amide bonds. The Hall–Kier alpha value is -0.570. The van der Waals surface area contributed by atoms with Crippen LogP contribution in [-0.4, -0.2) is 25.5 Å². The molecule has 90 valence electrons. The molecule has 1 aliphatic rings. The standard InChI is InChI=1S/C7H14N2O.C5H12/c1-5-3-6(8-2)7(10)9-4-5;1-4-5(2)3/h5-6,8H,3-4H2,1-2H3,(H,9,10);5H,4H2,1-3H3.